The number of methoxy groups -OCH3 is 1. The van der Waals surface area contributed by atoms with Crippen LogP contribution in [0.5, 0.6) is 0 Å². The predicted molar refractivity (Wildman–Crippen MR) is 96.3 cm³/mol. The number of aromatic nitrogens is 1. The molecule has 6 heteroatoms. The van der Waals surface area contributed by atoms with Crippen LogP contribution < -0.4 is 5.32 Å². The SMILES string of the molecule is COCCOC(=O)c1c(C)[nH]c(C(=O)Nc2ccc(C)c(C)c2)c1C. The summed E-state index contributed by atoms with van der Waals surface area (Å²) >= 11 is 0. The Morgan fingerprint density at radius 1 is 1.08 bits per heavy atom. The highest BCUT2D eigenvalue weighted by molar-refractivity contribution is 6.06. The number of hydrogen-bond acceptors (Lipinski definition) is 4. The lowest BCUT2D eigenvalue weighted by Gasteiger charge is -2.08. The van der Waals surface area contributed by atoms with E-state index in [4.69, 9.17) is 9.47 Å². The second kappa shape index (κ2) is 7.98. The largest absolute Gasteiger partial charge is 0.460 e. The topological polar surface area (TPSA) is 80.4 Å². The van der Waals surface area contributed by atoms with Gasteiger partial charge in [0.05, 0.1) is 12.2 Å². The summed E-state index contributed by atoms with van der Waals surface area (Å²) in [7, 11) is 1.54. The second-order valence-corrected chi connectivity index (χ2v) is 6.01. The number of aromatic amines is 1. The number of esters is 1. The average molecular weight is 344 g/mol. The zero-order valence-corrected chi connectivity index (χ0v) is 15.3. The molecule has 1 heterocycles. The van der Waals surface area contributed by atoms with Gasteiger partial charge in [-0.3, -0.25) is 4.79 Å². The summed E-state index contributed by atoms with van der Waals surface area (Å²) in [5.74, 6) is -0.756. The molecule has 1 aromatic carbocycles. The zero-order chi connectivity index (χ0) is 18.6. The number of carbonyl (C=O) groups is 2. The molecule has 134 valence electrons. The van der Waals surface area contributed by atoms with E-state index >= 15 is 0 Å². The Labute approximate surface area is 147 Å². The van der Waals surface area contributed by atoms with Crippen molar-refractivity contribution in [3.63, 3.8) is 0 Å². The van der Waals surface area contributed by atoms with Gasteiger partial charge in [0.2, 0.25) is 0 Å². The van der Waals surface area contributed by atoms with E-state index in [2.05, 4.69) is 10.3 Å². The number of anilines is 1. The number of aryl methyl sites for hydroxylation is 3. The first kappa shape index (κ1) is 18.7. The van der Waals surface area contributed by atoms with E-state index in [1.807, 2.05) is 32.0 Å². The van der Waals surface area contributed by atoms with E-state index in [1.54, 1.807) is 13.8 Å². The van der Waals surface area contributed by atoms with E-state index < -0.39 is 5.97 Å². The van der Waals surface area contributed by atoms with Crippen LogP contribution in [-0.4, -0.2) is 37.2 Å². The molecule has 2 rings (SSSR count). The molecule has 0 fully saturated rings. The quantitative estimate of drug-likeness (QED) is 0.622. The lowest BCUT2D eigenvalue weighted by molar-refractivity contribution is 0.0387. The minimum Gasteiger partial charge on any atom is -0.460 e. The fourth-order valence-corrected chi connectivity index (χ4v) is 2.59. The summed E-state index contributed by atoms with van der Waals surface area (Å²) < 4.78 is 10.0. The summed E-state index contributed by atoms with van der Waals surface area (Å²) in [4.78, 5) is 27.8. The highest BCUT2D eigenvalue weighted by Gasteiger charge is 2.23. The van der Waals surface area contributed by atoms with Gasteiger partial charge in [-0.05, 0) is 56.5 Å². The van der Waals surface area contributed by atoms with Crippen molar-refractivity contribution in [2.75, 3.05) is 25.6 Å². The fourth-order valence-electron chi connectivity index (χ4n) is 2.59. The maximum atomic E-state index is 12.6. The molecule has 0 unspecified atom stereocenters. The van der Waals surface area contributed by atoms with Gasteiger partial charge in [0.25, 0.3) is 5.91 Å². The molecule has 0 spiro atoms. The molecule has 25 heavy (non-hydrogen) atoms. The zero-order valence-electron chi connectivity index (χ0n) is 15.3. The van der Waals surface area contributed by atoms with Crippen molar-refractivity contribution >= 4 is 17.6 Å². The van der Waals surface area contributed by atoms with Crippen LogP contribution >= 0.6 is 0 Å². The van der Waals surface area contributed by atoms with Gasteiger partial charge in [0, 0.05) is 18.5 Å². The summed E-state index contributed by atoms with van der Waals surface area (Å²) in [5.41, 5.74) is 4.89. The van der Waals surface area contributed by atoms with Gasteiger partial charge >= 0.3 is 5.97 Å². The highest BCUT2D eigenvalue weighted by Crippen LogP contribution is 2.21. The Hall–Kier alpha value is -2.60. The lowest BCUT2D eigenvalue weighted by Crippen LogP contribution is -2.15. The first-order valence-corrected chi connectivity index (χ1v) is 8.09. The predicted octanol–water partition coefficient (Wildman–Crippen LogP) is 3.30. The van der Waals surface area contributed by atoms with Crippen molar-refractivity contribution in [1.29, 1.82) is 0 Å². The molecule has 0 aliphatic carbocycles. The molecule has 2 aromatic rings. The molecule has 0 saturated carbocycles. The maximum absolute atomic E-state index is 12.6. The first-order valence-electron chi connectivity index (χ1n) is 8.09. The van der Waals surface area contributed by atoms with Crippen LogP contribution in [0.15, 0.2) is 18.2 Å². The van der Waals surface area contributed by atoms with E-state index in [1.165, 1.54) is 7.11 Å². The van der Waals surface area contributed by atoms with Gasteiger partial charge in [-0.15, -0.1) is 0 Å². The Kier molecular flexibility index (Phi) is 5.98. The molecule has 0 atom stereocenters. The molecule has 0 aliphatic heterocycles. The number of hydrogen-bond donors (Lipinski definition) is 2. The number of ether oxygens (including phenoxy) is 2. The number of amides is 1. The Balaban J connectivity index is 2.19. The number of H-pyrrole nitrogens is 1. The van der Waals surface area contributed by atoms with Gasteiger partial charge in [-0.1, -0.05) is 6.07 Å². The van der Waals surface area contributed by atoms with Gasteiger partial charge in [-0.25, -0.2) is 4.79 Å². The van der Waals surface area contributed by atoms with Crippen molar-refractivity contribution in [3.05, 3.63) is 51.8 Å². The second-order valence-electron chi connectivity index (χ2n) is 6.01. The molecular weight excluding hydrogens is 320 g/mol. The van der Waals surface area contributed by atoms with Crippen LogP contribution in [0.4, 0.5) is 5.69 Å². The molecule has 6 nitrogen and oxygen atoms in total. The van der Waals surface area contributed by atoms with E-state index in [0.717, 1.165) is 11.1 Å². The Morgan fingerprint density at radius 3 is 2.44 bits per heavy atom. The minimum absolute atomic E-state index is 0.170. The molecule has 1 amide bonds. The monoisotopic (exact) mass is 344 g/mol. The van der Waals surface area contributed by atoms with Crippen LogP contribution in [0.25, 0.3) is 0 Å². The van der Waals surface area contributed by atoms with Gasteiger partial charge in [0.1, 0.15) is 12.3 Å². The van der Waals surface area contributed by atoms with Gasteiger partial charge < -0.3 is 19.8 Å². The molecule has 2 N–H and O–H groups in total. The smallest absolute Gasteiger partial charge is 0.340 e. The van der Waals surface area contributed by atoms with Crippen molar-refractivity contribution < 1.29 is 19.1 Å². The van der Waals surface area contributed by atoms with Crippen LogP contribution in [0.3, 0.4) is 0 Å². The van der Waals surface area contributed by atoms with Crippen molar-refractivity contribution in [2.24, 2.45) is 0 Å². The standard InChI is InChI=1S/C19H24N2O4/c1-11-6-7-15(10-12(11)2)21-18(22)17-13(3)16(14(4)20-17)19(23)25-9-8-24-5/h6-7,10,20H,8-9H2,1-5H3,(H,21,22). The normalized spacial score (nSPS) is 10.6. The van der Waals surface area contributed by atoms with E-state index in [0.29, 0.717) is 34.8 Å². The molecule has 1 aromatic heterocycles. The van der Waals surface area contributed by atoms with Crippen LogP contribution in [-0.2, 0) is 9.47 Å². The first-order chi connectivity index (χ1) is 11.8. The van der Waals surface area contributed by atoms with Crippen molar-refractivity contribution in [1.82, 2.24) is 4.98 Å². The van der Waals surface area contributed by atoms with Crippen molar-refractivity contribution in [3.8, 4) is 0 Å². The Bertz CT molecular complexity index is 793. The summed E-state index contributed by atoms with van der Waals surface area (Å²) in [6.45, 7) is 7.97. The van der Waals surface area contributed by atoms with E-state index in [9.17, 15) is 9.59 Å². The number of nitrogens with one attached hydrogen (secondary N) is 2. The van der Waals surface area contributed by atoms with Gasteiger partial charge in [-0.2, -0.15) is 0 Å². The third kappa shape index (κ3) is 4.28. The maximum Gasteiger partial charge on any atom is 0.340 e. The highest BCUT2D eigenvalue weighted by atomic mass is 16.6. The summed E-state index contributed by atoms with van der Waals surface area (Å²) in [6, 6.07) is 5.72. The molecular formula is C19H24N2O4. The third-order valence-corrected chi connectivity index (χ3v) is 4.15. The average Bonchev–Trinajstić information content (AvgIpc) is 2.86. The molecule has 0 saturated heterocycles. The van der Waals surface area contributed by atoms with Crippen LogP contribution in [0, 0.1) is 27.7 Å². The molecule has 0 radical (unpaired) electrons. The summed E-state index contributed by atoms with van der Waals surface area (Å²) in [5, 5.41) is 2.86. The summed E-state index contributed by atoms with van der Waals surface area (Å²) in [6.07, 6.45) is 0. The number of rotatable bonds is 6. The van der Waals surface area contributed by atoms with E-state index in [-0.39, 0.29) is 12.5 Å². The fraction of sp³-hybridized carbons (Fsp3) is 0.368. The minimum atomic E-state index is -0.464. The number of benzene rings is 1. The van der Waals surface area contributed by atoms with Crippen LogP contribution in [0.2, 0.25) is 0 Å². The molecule has 0 aliphatic rings. The third-order valence-electron chi connectivity index (χ3n) is 4.15. The lowest BCUT2D eigenvalue weighted by atomic mass is 10.1. The van der Waals surface area contributed by atoms with Crippen molar-refractivity contribution in [2.45, 2.75) is 27.7 Å². The molecule has 0 bridgehead atoms. The number of carbonyl (C=O) groups excluding carboxylic acids is 2. The van der Waals surface area contributed by atoms with Crippen LogP contribution in [0.1, 0.15) is 43.2 Å². The Morgan fingerprint density at radius 2 is 1.80 bits per heavy atom. The van der Waals surface area contributed by atoms with Gasteiger partial charge in [0.15, 0.2) is 0 Å².